The molecule has 4 rings (SSSR count). The lowest BCUT2D eigenvalue weighted by molar-refractivity contribution is -0.150. The summed E-state index contributed by atoms with van der Waals surface area (Å²) in [6.45, 7) is 8.25. The van der Waals surface area contributed by atoms with Gasteiger partial charge in [-0.1, -0.05) is 77.9 Å². The van der Waals surface area contributed by atoms with E-state index in [4.69, 9.17) is 29.2 Å². The Morgan fingerprint density at radius 3 is 1.58 bits per heavy atom. The van der Waals surface area contributed by atoms with Crippen LogP contribution in [0, 0.1) is 13.8 Å². The van der Waals surface area contributed by atoms with E-state index in [0.717, 1.165) is 27.8 Å². The third-order valence-corrected chi connectivity index (χ3v) is 7.52. The molecule has 0 aromatic heterocycles. The van der Waals surface area contributed by atoms with Crippen molar-refractivity contribution in [3.05, 3.63) is 130 Å². The van der Waals surface area contributed by atoms with Gasteiger partial charge in [0.15, 0.2) is 24.6 Å². The second-order valence-electron chi connectivity index (χ2n) is 11.6. The number of benzene rings is 4. The minimum atomic E-state index is -0.981. The summed E-state index contributed by atoms with van der Waals surface area (Å²) in [5, 5.41) is 28.4. The van der Waals surface area contributed by atoms with Gasteiger partial charge in [-0.15, -0.1) is 0 Å². The van der Waals surface area contributed by atoms with Gasteiger partial charge in [-0.25, -0.2) is 9.59 Å². The van der Waals surface area contributed by atoms with E-state index in [9.17, 15) is 19.5 Å². The highest BCUT2D eigenvalue weighted by atomic mass is 16.5. The van der Waals surface area contributed by atoms with E-state index in [1.165, 1.54) is 0 Å². The Morgan fingerprint density at radius 2 is 1.12 bits per heavy atom. The van der Waals surface area contributed by atoms with Gasteiger partial charge in [0.2, 0.25) is 0 Å². The van der Waals surface area contributed by atoms with Gasteiger partial charge in [-0.05, 0) is 74.7 Å². The van der Waals surface area contributed by atoms with Crippen molar-refractivity contribution in [3.8, 4) is 11.5 Å². The van der Waals surface area contributed by atoms with Gasteiger partial charge in [-0.3, -0.25) is 4.79 Å². The van der Waals surface area contributed by atoms with E-state index in [0.29, 0.717) is 36.7 Å². The van der Waals surface area contributed by atoms with E-state index < -0.39 is 30.3 Å². The fourth-order valence-electron chi connectivity index (χ4n) is 4.91. The monoisotopic (exact) mass is 686 g/mol. The van der Waals surface area contributed by atoms with Crippen LogP contribution in [0.1, 0.15) is 58.1 Å². The number of ether oxygens (including phenoxy) is 4. The molecule has 0 bridgehead atoms. The van der Waals surface area contributed by atoms with Crippen molar-refractivity contribution in [2.24, 2.45) is 0 Å². The molecule has 0 aliphatic rings. The molecule has 10 heteroatoms. The van der Waals surface area contributed by atoms with E-state index in [1.807, 2.05) is 68.4 Å². The molecular weight excluding hydrogens is 640 g/mol. The van der Waals surface area contributed by atoms with Crippen LogP contribution < -0.4 is 9.47 Å². The maximum absolute atomic E-state index is 12.1. The Hall–Kier alpha value is -5.03. The average molecular weight is 687 g/mol. The van der Waals surface area contributed by atoms with Gasteiger partial charge in [0.1, 0.15) is 24.2 Å². The topological polar surface area (TPSA) is 149 Å². The quantitative estimate of drug-likeness (QED) is 0.100. The van der Waals surface area contributed by atoms with Gasteiger partial charge < -0.3 is 34.3 Å². The maximum atomic E-state index is 12.1. The molecule has 0 radical (unpaired) electrons. The summed E-state index contributed by atoms with van der Waals surface area (Å²) in [5.74, 6) is -0.851. The summed E-state index contributed by atoms with van der Waals surface area (Å²) in [7, 11) is 0. The third-order valence-electron chi connectivity index (χ3n) is 7.52. The van der Waals surface area contributed by atoms with Gasteiger partial charge in [0, 0.05) is 31.6 Å². The van der Waals surface area contributed by atoms with Crippen LogP contribution in [0.2, 0.25) is 0 Å². The molecule has 2 unspecified atom stereocenters. The summed E-state index contributed by atoms with van der Waals surface area (Å²) >= 11 is 0. The fourth-order valence-corrected chi connectivity index (χ4v) is 4.91. The van der Waals surface area contributed by atoms with Crippen LogP contribution in [0.25, 0.3) is 0 Å². The van der Waals surface area contributed by atoms with Gasteiger partial charge in [0.05, 0.1) is 0 Å². The number of aliphatic hydroxyl groups excluding tert-OH is 1. The minimum Gasteiger partial charge on any atom is -0.491 e. The number of carbonyl (C=O) groups excluding carboxylic acids is 1. The predicted octanol–water partition coefficient (Wildman–Crippen LogP) is 6.43. The molecule has 3 N–H and O–H groups in total. The number of rotatable bonds is 18. The van der Waals surface area contributed by atoms with Gasteiger partial charge >= 0.3 is 11.9 Å². The second-order valence-corrected chi connectivity index (χ2v) is 11.6. The standard InChI is InChI=1S/C20H24O5.C20H22O5/c2*1-3-24-19(20(22)23)12-15-7-9-17(10-8-15)25-13-18(21)16-6-4-5-14(2)11-16/h4-11,18-19,21H,3,12-13H2,1-2H3,(H,22,23);4-11,19H,3,12-13H2,1-2H3,(H,22,23)/t18-,19?;/m1./s1. The highest BCUT2D eigenvalue weighted by molar-refractivity contribution is 5.97. The first-order valence-electron chi connectivity index (χ1n) is 16.5. The number of Topliss-reactive ketones (excluding diaryl/α,β-unsaturated/α-hetero) is 1. The largest absolute Gasteiger partial charge is 0.491 e. The van der Waals surface area contributed by atoms with Crippen molar-refractivity contribution in [2.45, 2.75) is 58.8 Å². The van der Waals surface area contributed by atoms with Crippen molar-refractivity contribution >= 4 is 17.7 Å². The van der Waals surface area contributed by atoms with Crippen molar-refractivity contribution in [1.82, 2.24) is 0 Å². The van der Waals surface area contributed by atoms with Gasteiger partial charge in [0.25, 0.3) is 0 Å². The van der Waals surface area contributed by atoms with Crippen LogP contribution in [0.4, 0.5) is 0 Å². The molecular formula is C40H46O10. The highest BCUT2D eigenvalue weighted by Crippen LogP contribution is 2.19. The van der Waals surface area contributed by atoms with E-state index in [2.05, 4.69) is 0 Å². The van der Waals surface area contributed by atoms with E-state index in [-0.39, 0.29) is 25.4 Å². The lowest BCUT2D eigenvalue weighted by atomic mass is 10.1. The summed E-state index contributed by atoms with van der Waals surface area (Å²) in [6, 6.07) is 29.2. The Kier molecular flexibility index (Phi) is 16.1. The van der Waals surface area contributed by atoms with Crippen LogP contribution >= 0.6 is 0 Å². The third kappa shape index (κ3) is 13.5. The predicted molar refractivity (Wildman–Crippen MR) is 189 cm³/mol. The van der Waals surface area contributed by atoms with Crippen molar-refractivity contribution in [2.75, 3.05) is 26.4 Å². The summed E-state index contributed by atoms with van der Waals surface area (Å²) in [6.07, 6.45) is -1.82. The first-order chi connectivity index (χ1) is 24.0. The molecule has 0 saturated heterocycles. The van der Waals surface area contributed by atoms with Crippen LogP contribution in [0.5, 0.6) is 11.5 Å². The molecule has 4 aromatic carbocycles. The molecule has 50 heavy (non-hydrogen) atoms. The van der Waals surface area contributed by atoms with Crippen molar-refractivity contribution in [1.29, 1.82) is 0 Å². The summed E-state index contributed by atoms with van der Waals surface area (Å²) < 4.78 is 21.6. The normalized spacial score (nSPS) is 12.5. The second kappa shape index (κ2) is 20.5. The Morgan fingerprint density at radius 1 is 0.640 bits per heavy atom. The van der Waals surface area contributed by atoms with Crippen LogP contribution in [-0.4, -0.2) is 71.7 Å². The average Bonchev–Trinajstić information content (AvgIpc) is 3.10. The first-order valence-corrected chi connectivity index (χ1v) is 16.5. The zero-order valence-electron chi connectivity index (χ0n) is 28.9. The SMILES string of the molecule is CCOC(Cc1ccc(OCC(=O)c2cccc(C)c2)cc1)C(=O)O.CCOC(Cc1ccc(OC[C@@H](O)c2cccc(C)c2)cc1)C(=O)O. The Labute approximate surface area is 293 Å². The number of aryl methyl sites for hydroxylation is 2. The Balaban J connectivity index is 0.000000270. The smallest absolute Gasteiger partial charge is 0.333 e. The molecule has 0 amide bonds. The molecule has 3 atom stereocenters. The van der Waals surface area contributed by atoms with Crippen LogP contribution in [0.3, 0.4) is 0 Å². The fraction of sp³-hybridized carbons (Fsp3) is 0.325. The molecule has 10 nitrogen and oxygen atoms in total. The lowest BCUT2D eigenvalue weighted by Crippen LogP contribution is -2.26. The number of hydrogen-bond acceptors (Lipinski definition) is 8. The number of aliphatic hydroxyl groups is 1. The summed E-state index contributed by atoms with van der Waals surface area (Å²) in [4.78, 5) is 34.4. The van der Waals surface area contributed by atoms with Gasteiger partial charge in [-0.2, -0.15) is 0 Å². The molecule has 4 aromatic rings. The number of aliphatic carboxylic acids is 2. The first kappa shape index (κ1) is 39.4. The molecule has 266 valence electrons. The number of hydrogen-bond donors (Lipinski definition) is 3. The van der Waals surface area contributed by atoms with E-state index >= 15 is 0 Å². The lowest BCUT2D eigenvalue weighted by Gasteiger charge is -2.14. The summed E-state index contributed by atoms with van der Waals surface area (Å²) in [5.41, 5.74) is 5.24. The number of carboxylic acids is 2. The highest BCUT2D eigenvalue weighted by Gasteiger charge is 2.19. The van der Waals surface area contributed by atoms with Crippen LogP contribution in [0.15, 0.2) is 97.1 Å². The molecule has 0 saturated carbocycles. The zero-order valence-corrected chi connectivity index (χ0v) is 28.9. The number of carboxylic acid groups (broad SMARTS) is 2. The van der Waals surface area contributed by atoms with Crippen LogP contribution in [-0.2, 0) is 31.9 Å². The van der Waals surface area contributed by atoms with Crippen molar-refractivity contribution in [3.63, 3.8) is 0 Å². The molecule has 0 aliphatic carbocycles. The zero-order chi connectivity index (χ0) is 36.5. The maximum Gasteiger partial charge on any atom is 0.333 e. The molecule has 0 heterocycles. The number of ketones is 1. The molecule has 0 fully saturated rings. The van der Waals surface area contributed by atoms with E-state index in [1.54, 1.807) is 56.3 Å². The van der Waals surface area contributed by atoms with Crippen molar-refractivity contribution < 1.29 is 48.7 Å². The number of carbonyl (C=O) groups is 3. The molecule has 0 spiro atoms. The molecule has 0 aliphatic heterocycles. The Bertz CT molecular complexity index is 1650. The minimum absolute atomic E-state index is 0.0422.